The SMILES string of the molecule is O=C1NCCN1CCOc1ccc(CN2CCC[C@](O)(COc3ccc(Cl)c(Cl)c3)CC2)cc1. The summed E-state index contributed by atoms with van der Waals surface area (Å²) < 4.78 is 11.6. The number of carbonyl (C=O) groups is 1. The molecule has 2 aliphatic heterocycles. The summed E-state index contributed by atoms with van der Waals surface area (Å²) in [4.78, 5) is 15.7. The van der Waals surface area contributed by atoms with E-state index in [0.29, 0.717) is 48.3 Å². The maximum Gasteiger partial charge on any atom is 0.317 e. The Balaban J connectivity index is 1.21. The second kappa shape index (κ2) is 11.5. The van der Waals surface area contributed by atoms with Crippen molar-refractivity contribution in [1.82, 2.24) is 15.1 Å². The van der Waals surface area contributed by atoms with E-state index >= 15 is 0 Å². The van der Waals surface area contributed by atoms with Gasteiger partial charge in [0.1, 0.15) is 24.7 Å². The molecule has 2 aromatic carbocycles. The average Bonchev–Trinajstić information content (AvgIpc) is 3.14. The monoisotopic (exact) mass is 507 g/mol. The van der Waals surface area contributed by atoms with Crippen LogP contribution >= 0.6 is 23.2 Å². The van der Waals surface area contributed by atoms with Gasteiger partial charge in [0, 0.05) is 32.2 Å². The summed E-state index contributed by atoms with van der Waals surface area (Å²) in [6.45, 7) is 5.24. The van der Waals surface area contributed by atoms with Crippen LogP contribution in [-0.2, 0) is 6.54 Å². The van der Waals surface area contributed by atoms with Gasteiger partial charge in [0.25, 0.3) is 0 Å². The molecule has 2 heterocycles. The Morgan fingerprint density at radius 2 is 1.76 bits per heavy atom. The van der Waals surface area contributed by atoms with Crippen LogP contribution in [0.25, 0.3) is 0 Å². The van der Waals surface area contributed by atoms with E-state index in [4.69, 9.17) is 32.7 Å². The third kappa shape index (κ3) is 6.92. The standard InChI is InChI=1S/C25H31Cl2N3O4/c26-22-7-6-21(16-23(22)27)34-18-25(32)8-1-11-29(12-9-25)17-19-2-4-20(5-3-19)33-15-14-30-13-10-28-24(30)31/h2-7,16,32H,1,8-15,17-18H2,(H,28,31)/t25-/m1/s1. The molecule has 1 atom stereocenters. The molecule has 9 heteroatoms. The van der Waals surface area contributed by atoms with Gasteiger partial charge in [-0.25, -0.2) is 4.79 Å². The maximum atomic E-state index is 11.6. The molecule has 7 nitrogen and oxygen atoms in total. The van der Waals surface area contributed by atoms with Crippen molar-refractivity contribution in [2.24, 2.45) is 0 Å². The lowest BCUT2D eigenvalue weighted by Crippen LogP contribution is -2.37. The number of carbonyl (C=O) groups excluding carboxylic acids is 1. The van der Waals surface area contributed by atoms with Crippen LogP contribution in [0.4, 0.5) is 4.79 Å². The van der Waals surface area contributed by atoms with Gasteiger partial charge in [0.2, 0.25) is 0 Å². The van der Waals surface area contributed by atoms with Crippen molar-refractivity contribution in [3.63, 3.8) is 0 Å². The van der Waals surface area contributed by atoms with Crippen LogP contribution < -0.4 is 14.8 Å². The van der Waals surface area contributed by atoms with Gasteiger partial charge >= 0.3 is 6.03 Å². The quantitative estimate of drug-likeness (QED) is 0.532. The Morgan fingerprint density at radius 3 is 2.50 bits per heavy atom. The number of amides is 2. The summed E-state index contributed by atoms with van der Waals surface area (Å²) in [6, 6.07) is 13.2. The van der Waals surface area contributed by atoms with Gasteiger partial charge in [-0.15, -0.1) is 0 Å². The molecule has 2 aromatic rings. The van der Waals surface area contributed by atoms with Crippen molar-refractivity contribution < 1.29 is 19.4 Å². The molecule has 0 saturated carbocycles. The zero-order valence-corrected chi connectivity index (χ0v) is 20.7. The molecular formula is C25H31Cl2N3O4. The largest absolute Gasteiger partial charge is 0.492 e. The van der Waals surface area contributed by atoms with Crippen molar-refractivity contribution >= 4 is 29.2 Å². The van der Waals surface area contributed by atoms with Gasteiger partial charge in [0.15, 0.2) is 0 Å². The lowest BCUT2D eigenvalue weighted by Gasteiger charge is -2.27. The minimum absolute atomic E-state index is 0.0239. The summed E-state index contributed by atoms with van der Waals surface area (Å²) >= 11 is 12.0. The Kier molecular flexibility index (Phi) is 8.42. The Hall–Kier alpha value is -2.19. The van der Waals surface area contributed by atoms with E-state index in [1.807, 2.05) is 12.1 Å². The smallest absolute Gasteiger partial charge is 0.317 e. The number of benzene rings is 2. The molecule has 0 radical (unpaired) electrons. The van der Waals surface area contributed by atoms with E-state index in [1.165, 1.54) is 5.56 Å². The van der Waals surface area contributed by atoms with E-state index in [9.17, 15) is 9.90 Å². The van der Waals surface area contributed by atoms with Crippen LogP contribution in [0.5, 0.6) is 11.5 Å². The molecule has 184 valence electrons. The molecule has 0 aromatic heterocycles. The van der Waals surface area contributed by atoms with Gasteiger partial charge in [-0.2, -0.15) is 0 Å². The second-order valence-corrected chi connectivity index (χ2v) is 9.74. The van der Waals surface area contributed by atoms with Crippen molar-refractivity contribution in [1.29, 1.82) is 0 Å². The Labute approximate surface area is 210 Å². The lowest BCUT2D eigenvalue weighted by atomic mass is 9.96. The number of urea groups is 1. The molecule has 0 unspecified atom stereocenters. The van der Waals surface area contributed by atoms with Crippen LogP contribution in [-0.4, -0.2) is 72.5 Å². The predicted octanol–water partition coefficient (Wildman–Crippen LogP) is 4.19. The van der Waals surface area contributed by atoms with Crippen molar-refractivity contribution in [2.45, 2.75) is 31.4 Å². The minimum atomic E-state index is -0.870. The molecule has 2 amide bonds. The first kappa shape index (κ1) is 24.9. The summed E-state index contributed by atoms with van der Waals surface area (Å²) in [5.74, 6) is 1.41. The lowest BCUT2D eigenvalue weighted by molar-refractivity contribution is -0.0168. The number of aliphatic hydroxyl groups is 1. The van der Waals surface area contributed by atoms with Crippen molar-refractivity contribution in [3.05, 3.63) is 58.1 Å². The van der Waals surface area contributed by atoms with Crippen LogP contribution in [0, 0.1) is 0 Å². The highest BCUT2D eigenvalue weighted by Gasteiger charge is 2.31. The summed E-state index contributed by atoms with van der Waals surface area (Å²) in [5.41, 5.74) is 0.328. The number of ether oxygens (including phenoxy) is 2. The number of nitrogens with zero attached hydrogens (tertiary/aromatic N) is 2. The van der Waals surface area contributed by atoms with E-state index in [-0.39, 0.29) is 12.6 Å². The highest BCUT2D eigenvalue weighted by atomic mass is 35.5. The number of hydrogen-bond donors (Lipinski definition) is 2. The molecule has 0 bridgehead atoms. The summed E-state index contributed by atoms with van der Waals surface area (Å²) in [7, 11) is 0. The number of hydrogen-bond acceptors (Lipinski definition) is 5. The molecule has 2 aliphatic rings. The van der Waals surface area contributed by atoms with Crippen molar-refractivity contribution in [2.75, 3.05) is 45.9 Å². The first-order valence-corrected chi connectivity index (χ1v) is 12.4. The first-order chi connectivity index (χ1) is 16.4. The summed E-state index contributed by atoms with van der Waals surface area (Å²) in [5, 5.41) is 14.8. The third-order valence-electron chi connectivity index (χ3n) is 6.31. The highest BCUT2D eigenvalue weighted by molar-refractivity contribution is 6.42. The normalized spacial score (nSPS) is 21.3. The maximum absolute atomic E-state index is 11.6. The van der Waals surface area contributed by atoms with Crippen molar-refractivity contribution in [3.8, 4) is 11.5 Å². The molecule has 2 fully saturated rings. The van der Waals surface area contributed by atoms with E-state index in [1.54, 1.807) is 23.1 Å². The zero-order chi connectivity index (χ0) is 24.0. The third-order valence-corrected chi connectivity index (χ3v) is 7.05. The van der Waals surface area contributed by atoms with Gasteiger partial charge < -0.3 is 24.8 Å². The number of likely N-dealkylation sites (tertiary alicyclic amines) is 1. The van der Waals surface area contributed by atoms with Crippen LogP contribution in [0.3, 0.4) is 0 Å². The fourth-order valence-corrected chi connectivity index (χ4v) is 4.56. The molecule has 2 N–H and O–H groups in total. The van der Waals surface area contributed by atoms with E-state index in [0.717, 1.165) is 38.3 Å². The summed E-state index contributed by atoms with van der Waals surface area (Å²) in [6.07, 6.45) is 2.22. The van der Waals surface area contributed by atoms with Gasteiger partial charge in [-0.05, 0) is 55.6 Å². The fourth-order valence-electron chi connectivity index (χ4n) is 4.27. The molecular weight excluding hydrogens is 477 g/mol. The van der Waals surface area contributed by atoms with Crippen LogP contribution in [0.2, 0.25) is 10.0 Å². The van der Waals surface area contributed by atoms with Gasteiger partial charge in [-0.3, -0.25) is 4.90 Å². The molecule has 0 spiro atoms. The average molecular weight is 508 g/mol. The van der Waals surface area contributed by atoms with E-state index < -0.39 is 5.60 Å². The minimum Gasteiger partial charge on any atom is -0.492 e. The molecule has 0 aliphatic carbocycles. The van der Waals surface area contributed by atoms with E-state index in [2.05, 4.69) is 22.3 Å². The molecule has 4 rings (SSSR count). The second-order valence-electron chi connectivity index (χ2n) is 8.93. The Bertz CT molecular complexity index is 975. The number of nitrogens with one attached hydrogen (secondary N) is 1. The number of halogens is 2. The fraction of sp³-hybridized carbons (Fsp3) is 0.480. The van der Waals surface area contributed by atoms with Crippen LogP contribution in [0.1, 0.15) is 24.8 Å². The molecule has 2 saturated heterocycles. The van der Waals surface area contributed by atoms with Crippen LogP contribution in [0.15, 0.2) is 42.5 Å². The predicted molar refractivity (Wildman–Crippen MR) is 133 cm³/mol. The Morgan fingerprint density at radius 1 is 0.971 bits per heavy atom. The van der Waals surface area contributed by atoms with Gasteiger partial charge in [0.05, 0.1) is 22.2 Å². The molecule has 34 heavy (non-hydrogen) atoms. The topological polar surface area (TPSA) is 74.3 Å². The first-order valence-electron chi connectivity index (χ1n) is 11.7. The number of rotatable bonds is 9. The van der Waals surface area contributed by atoms with Gasteiger partial charge in [-0.1, -0.05) is 35.3 Å². The zero-order valence-electron chi connectivity index (χ0n) is 19.1. The highest BCUT2D eigenvalue weighted by Crippen LogP contribution is 2.29.